The van der Waals surface area contributed by atoms with Gasteiger partial charge in [0.2, 0.25) is 17.5 Å². The van der Waals surface area contributed by atoms with E-state index in [1.54, 1.807) is 52.2 Å². The summed E-state index contributed by atoms with van der Waals surface area (Å²) in [6.45, 7) is 8.73. The van der Waals surface area contributed by atoms with Gasteiger partial charge in [-0.05, 0) is 70.2 Å². The first-order chi connectivity index (χ1) is 21.3. The van der Waals surface area contributed by atoms with E-state index in [9.17, 15) is 24.0 Å². The number of H-pyrrole nitrogens is 1. The quantitative estimate of drug-likeness (QED) is 0.211. The predicted molar refractivity (Wildman–Crippen MR) is 168 cm³/mol. The molecular formula is C32H42N6O7. The zero-order valence-corrected chi connectivity index (χ0v) is 26.5. The third-order valence-electron chi connectivity index (χ3n) is 7.81. The molecule has 45 heavy (non-hydrogen) atoms. The molecule has 1 aromatic carbocycles. The number of aromatic nitrogens is 1. The van der Waals surface area contributed by atoms with Crippen LogP contribution in [0.15, 0.2) is 41.0 Å². The third kappa shape index (κ3) is 8.08. The number of amides is 3. The van der Waals surface area contributed by atoms with Gasteiger partial charge in [0.05, 0.1) is 13.2 Å². The minimum absolute atomic E-state index is 0.0184. The molecule has 2 aliphatic rings. The highest BCUT2D eigenvalue weighted by Gasteiger charge is 2.38. The van der Waals surface area contributed by atoms with Gasteiger partial charge in [-0.3, -0.25) is 24.2 Å². The lowest BCUT2D eigenvalue weighted by atomic mass is 9.95. The Morgan fingerprint density at radius 3 is 2.53 bits per heavy atom. The number of aliphatic imine (C=N–C) groups is 1. The number of carbonyl (C=O) groups excluding carboxylic acids is 5. The highest BCUT2D eigenvalue weighted by atomic mass is 16.5. The number of allylic oxidation sites excluding steroid dienone is 2. The zero-order chi connectivity index (χ0) is 32.9. The summed E-state index contributed by atoms with van der Waals surface area (Å²) in [6, 6.07) is 4.92. The summed E-state index contributed by atoms with van der Waals surface area (Å²) in [5, 5.41) is 12.0. The van der Waals surface area contributed by atoms with Crippen molar-refractivity contribution in [2.45, 2.75) is 71.6 Å². The molecule has 4 atom stereocenters. The molecular weight excluding hydrogens is 580 g/mol. The molecule has 2 aromatic rings. The lowest BCUT2D eigenvalue weighted by molar-refractivity contribution is -0.154. The van der Waals surface area contributed by atoms with Gasteiger partial charge in [-0.1, -0.05) is 19.9 Å². The van der Waals surface area contributed by atoms with Crippen molar-refractivity contribution < 1.29 is 33.4 Å². The van der Waals surface area contributed by atoms with E-state index in [2.05, 4.69) is 31.2 Å². The van der Waals surface area contributed by atoms with Gasteiger partial charge in [0, 0.05) is 34.8 Å². The molecule has 0 radical (unpaired) electrons. The van der Waals surface area contributed by atoms with E-state index in [0.29, 0.717) is 29.9 Å². The van der Waals surface area contributed by atoms with Crippen LogP contribution in [-0.4, -0.2) is 78.2 Å². The number of nitrogens with one attached hydrogen (secondary N) is 5. The molecule has 13 heteroatoms. The number of hydrogen-bond donors (Lipinski definition) is 5. The number of Topliss-reactive ketones (excluding diaryl/α,β-unsaturated/α-hetero) is 1. The number of aromatic amines is 1. The number of hydrogen-bond acceptors (Lipinski definition) is 9. The van der Waals surface area contributed by atoms with Gasteiger partial charge in [0.25, 0.3) is 5.91 Å². The Labute approximate surface area is 262 Å². The van der Waals surface area contributed by atoms with E-state index in [1.165, 1.54) is 0 Å². The fourth-order valence-corrected chi connectivity index (χ4v) is 5.68. The second-order valence-electron chi connectivity index (χ2n) is 12.2. The van der Waals surface area contributed by atoms with Crippen molar-refractivity contribution in [2.75, 3.05) is 20.3 Å². The van der Waals surface area contributed by atoms with Crippen molar-refractivity contribution >= 4 is 46.1 Å². The van der Waals surface area contributed by atoms with Crippen LogP contribution in [0.3, 0.4) is 0 Å². The Morgan fingerprint density at radius 2 is 1.89 bits per heavy atom. The molecule has 3 heterocycles. The minimum atomic E-state index is -1.41. The maximum Gasteiger partial charge on any atom is 0.354 e. The first kappa shape index (κ1) is 33.2. The van der Waals surface area contributed by atoms with Crippen LogP contribution in [0.1, 0.15) is 64.4 Å². The number of fused-ring (bicyclic) bond motifs is 1. The average molecular weight is 623 g/mol. The van der Waals surface area contributed by atoms with E-state index in [-0.39, 0.29) is 30.4 Å². The first-order valence-corrected chi connectivity index (χ1v) is 15.1. The molecule has 242 valence electrons. The van der Waals surface area contributed by atoms with Gasteiger partial charge < -0.3 is 35.7 Å². The Bertz CT molecular complexity index is 1540. The highest BCUT2D eigenvalue weighted by Crippen LogP contribution is 2.26. The highest BCUT2D eigenvalue weighted by molar-refractivity contribution is 6.02. The lowest BCUT2D eigenvalue weighted by Gasteiger charge is -2.30. The molecule has 0 saturated carbocycles. The summed E-state index contributed by atoms with van der Waals surface area (Å²) in [7, 11) is 1.54. The normalized spacial score (nSPS) is 20.8. The van der Waals surface area contributed by atoms with Crippen molar-refractivity contribution in [3.63, 3.8) is 0 Å². The fraction of sp³-hybridized carbons (Fsp3) is 0.500. The van der Waals surface area contributed by atoms with Crippen molar-refractivity contribution in [1.29, 1.82) is 0 Å². The molecule has 1 aromatic heterocycles. The van der Waals surface area contributed by atoms with E-state index < -0.39 is 53.8 Å². The van der Waals surface area contributed by atoms with Crippen LogP contribution in [-0.2, 0) is 23.9 Å². The maximum atomic E-state index is 13.6. The van der Waals surface area contributed by atoms with E-state index in [0.717, 1.165) is 11.1 Å². The number of rotatable bonds is 13. The zero-order valence-electron chi connectivity index (χ0n) is 26.5. The van der Waals surface area contributed by atoms with Crippen LogP contribution in [0.25, 0.3) is 10.9 Å². The fourth-order valence-electron chi connectivity index (χ4n) is 5.68. The van der Waals surface area contributed by atoms with Gasteiger partial charge in [0.15, 0.2) is 12.4 Å². The Hall–Kier alpha value is -4.68. The molecule has 0 bridgehead atoms. The number of esters is 1. The smallest absolute Gasteiger partial charge is 0.354 e. The summed E-state index contributed by atoms with van der Waals surface area (Å²) >= 11 is 0. The molecule has 2 aliphatic heterocycles. The summed E-state index contributed by atoms with van der Waals surface area (Å²) in [5.41, 5.74) is 0.872. The van der Waals surface area contributed by atoms with Crippen LogP contribution in [0, 0.1) is 11.8 Å². The van der Waals surface area contributed by atoms with Gasteiger partial charge in [0.1, 0.15) is 17.5 Å². The topological polar surface area (TPSA) is 180 Å². The van der Waals surface area contributed by atoms with Crippen LogP contribution >= 0.6 is 0 Å². The predicted octanol–water partition coefficient (Wildman–Crippen LogP) is 2.13. The van der Waals surface area contributed by atoms with Crippen LogP contribution in [0.5, 0.6) is 5.75 Å². The Kier molecular flexibility index (Phi) is 10.3. The van der Waals surface area contributed by atoms with Crippen molar-refractivity contribution in [3.05, 3.63) is 41.7 Å². The van der Waals surface area contributed by atoms with Crippen LogP contribution in [0.4, 0.5) is 0 Å². The van der Waals surface area contributed by atoms with Crippen LogP contribution < -0.4 is 26.0 Å². The molecule has 1 unspecified atom stereocenters. The molecule has 4 rings (SSSR count). The molecule has 3 amide bonds. The van der Waals surface area contributed by atoms with Gasteiger partial charge >= 0.3 is 5.97 Å². The first-order valence-electron chi connectivity index (χ1n) is 15.1. The Morgan fingerprint density at radius 1 is 1.13 bits per heavy atom. The summed E-state index contributed by atoms with van der Waals surface area (Å²) in [6.07, 6.45) is 2.58. The summed E-state index contributed by atoms with van der Waals surface area (Å²) in [4.78, 5) is 73.1. The second-order valence-corrected chi connectivity index (χ2v) is 12.2. The number of benzene rings is 1. The van der Waals surface area contributed by atoms with Gasteiger partial charge in [-0.2, -0.15) is 0 Å². The second kappa shape index (κ2) is 14.0. The van der Waals surface area contributed by atoms with E-state index >= 15 is 0 Å². The largest absolute Gasteiger partial charge is 0.496 e. The number of ketones is 1. The van der Waals surface area contributed by atoms with Crippen LogP contribution in [0.2, 0.25) is 0 Å². The average Bonchev–Trinajstić information content (AvgIpc) is 3.59. The molecule has 1 fully saturated rings. The Balaban J connectivity index is 1.49. The third-order valence-corrected chi connectivity index (χ3v) is 7.81. The van der Waals surface area contributed by atoms with E-state index in [1.807, 2.05) is 19.9 Å². The van der Waals surface area contributed by atoms with Crippen molar-refractivity contribution in [2.24, 2.45) is 16.8 Å². The number of carbonyl (C=O) groups is 5. The molecule has 0 spiro atoms. The maximum absolute atomic E-state index is 13.6. The molecule has 13 nitrogen and oxygen atoms in total. The summed E-state index contributed by atoms with van der Waals surface area (Å²) < 4.78 is 10.8. The number of ether oxygens (including phenoxy) is 2. The number of methoxy groups -OCH3 is 1. The SMILES string of the molecule is COc1cccc2[nH]c(C(=O)N[C@@H](CC(C)C)C(=O)N[C@@H](C[C@@H]3CCNC3=O)C(=O)COC(=O)C3(C)N=C(C)C=C(C)N3)cc12. The molecule has 5 N–H and O–H groups in total. The molecule has 0 aliphatic carbocycles. The van der Waals surface area contributed by atoms with Gasteiger partial charge in [-0.15, -0.1) is 0 Å². The number of nitrogens with zero attached hydrogens (tertiary/aromatic N) is 1. The summed E-state index contributed by atoms with van der Waals surface area (Å²) in [5.74, 6) is -2.54. The lowest BCUT2D eigenvalue weighted by Crippen LogP contribution is -2.54. The van der Waals surface area contributed by atoms with Crippen molar-refractivity contribution in [1.82, 2.24) is 26.3 Å². The minimum Gasteiger partial charge on any atom is -0.496 e. The van der Waals surface area contributed by atoms with Gasteiger partial charge in [-0.25, -0.2) is 4.79 Å². The molecule has 1 saturated heterocycles. The standard InChI is InChI=1S/C32H42N6O7/c1-17(2)12-24(36-30(42)25-15-21-22(34-25)8-7-9-27(21)44-6)29(41)35-23(14-20-10-11-33-28(20)40)26(39)16-45-31(43)32(5)37-18(3)13-19(4)38-32/h7-9,13,15,17,20,23-24,34,37H,10-12,14,16H2,1-6H3,(H,33,40)(H,35,41)(H,36,42)/t20-,23-,24-,32?/m0/s1. The van der Waals surface area contributed by atoms with E-state index in [4.69, 9.17) is 9.47 Å². The monoisotopic (exact) mass is 622 g/mol. The van der Waals surface area contributed by atoms with Crippen molar-refractivity contribution in [3.8, 4) is 5.75 Å².